The van der Waals surface area contributed by atoms with Crippen LogP contribution >= 0.6 is 34.8 Å². The van der Waals surface area contributed by atoms with Crippen molar-refractivity contribution in [1.82, 2.24) is 5.16 Å². The zero-order valence-corrected chi connectivity index (χ0v) is 20.1. The second-order valence-corrected chi connectivity index (χ2v) is 8.61. The molecule has 0 fully saturated rings. The maximum absolute atomic E-state index is 12.8. The molecule has 34 heavy (non-hydrogen) atoms. The quantitative estimate of drug-likeness (QED) is 0.280. The molecule has 0 saturated heterocycles. The van der Waals surface area contributed by atoms with Gasteiger partial charge in [-0.2, -0.15) is 0 Å². The molecular weight excluding hydrogens is 507 g/mol. The van der Waals surface area contributed by atoms with Gasteiger partial charge in [-0.1, -0.05) is 58.2 Å². The lowest BCUT2D eigenvalue weighted by Crippen LogP contribution is -2.34. The minimum Gasteiger partial charge on any atom is -0.496 e. The number of methoxy groups -OCH3 is 1. The monoisotopic (exact) mass is 522 g/mol. The number of hydrogen-bond donors (Lipinski definition) is 0. The van der Waals surface area contributed by atoms with Crippen LogP contribution in [0.15, 0.2) is 66.7 Å². The van der Waals surface area contributed by atoms with Gasteiger partial charge in [-0.05, 0) is 31.2 Å². The second-order valence-electron chi connectivity index (χ2n) is 7.10. The van der Waals surface area contributed by atoms with Crippen molar-refractivity contribution in [2.45, 2.75) is 18.3 Å². The number of carbonyl (C=O) groups excluding carboxylic acids is 1. The molecule has 0 radical (unpaired) electrons. The first-order chi connectivity index (χ1) is 16.3. The van der Waals surface area contributed by atoms with Gasteiger partial charge in [-0.25, -0.2) is 4.79 Å². The van der Waals surface area contributed by atoms with Crippen molar-refractivity contribution in [2.24, 2.45) is 0 Å². The van der Waals surface area contributed by atoms with E-state index in [-0.39, 0.29) is 18.1 Å². The fourth-order valence-corrected chi connectivity index (χ4v) is 3.85. The van der Waals surface area contributed by atoms with Gasteiger partial charge < -0.3 is 23.0 Å². The number of benzene rings is 2. The maximum atomic E-state index is 12.8. The van der Waals surface area contributed by atoms with Crippen molar-refractivity contribution < 1.29 is 22.9 Å². The standard InChI is InChI=1S/C23H17Cl3N2O6/c1-12-19(33-23(30)32-12)11-28(22(29)21(25)26)14-6-3-5-13(9-14)18-10-16(27-34-18)20-15(24)7-4-8-17(20)31-2/h3-10,21H,11H2,1-2H3. The number of nitrogens with zero attached hydrogens (tertiary/aromatic N) is 2. The minimum atomic E-state index is -1.34. The van der Waals surface area contributed by atoms with Crippen molar-refractivity contribution in [3.63, 3.8) is 0 Å². The molecule has 8 nitrogen and oxygen atoms in total. The maximum Gasteiger partial charge on any atom is 0.519 e. The number of aromatic nitrogens is 1. The van der Waals surface area contributed by atoms with E-state index < -0.39 is 16.6 Å². The number of aryl methyl sites for hydroxylation is 1. The van der Waals surface area contributed by atoms with Gasteiger partial charge in [0.2, 0.25) is 0 Å². The normalized spacial score (nSPS) is 11.1. The van der Waals surface area contributed by atoms with Crippen LogP contribution in [0.5, 0.6) is 5.75 Å². The van der Waals surface area contributed by atoms with Crippen LogP contribution in [0.1, 0.15) is 11.5 Å². The molecule has 1 amide bonds. The van der Waals surface area contributed by atoms with Crippen molar-refractivity contribution in [3.05, 3.63) is 75.7 Å². The van der Waals surface area contributed by atoms with Crippen molar-refractivity contribution >= 4 is 46.4 Å². The van der Waals surface area contributed by atoms with Crippen LogP contribution in [0.3, 0.4) is 0 Å². The molecule has 0 aliphatic carbocycles. The Morgan fingerprint density at radius 2 is 1.91 bits per heavy atom. The van der Waals surface area contributed by atoms with E-state index in [0.717, 1.165) is 0 Å². The zero-order valence-electron chi connectivity index (χ0n) is 17.9. The van der Waals surface area contributed by atoms with Gasteiger partial charge in [0.15, 0.2) is 16.4 Å². The topological polar surface area (TPSA) is 98.9 Å². The zero-order chi connectivity index (χ0) is 24.4. The Labute approximate surface area is 208 Å². The third-order valence-corrected chi connectivity index (χ3v) is 5.68. The Hall–Kier alpha value is -3.20. The van der Waals surface area contributed by atoms with E-state index in [4.69, 9.17) is 52.9 Å². The highest BCUT2D eigenvalue weighted by atomic mass is 35.5. The number of hydrogen-bond acceptors (Lipinski definition) is 7. The van der Waals surface area contributed by atoms with E-state index in [9.17, 15) is 9.59 Å². The average molecular weight is 524 g/mol. The molecule has 2 heterocycles. The summed E-state index contributed by atoms with van der Waals surface area (Å²) in [6.45, 7) is 1.44. The summed E-state index contributed by atoms with van der Waals surface area (Å²) in [5, 5.41) is 4.58. The van der Waals surface area contributed by atoms with Gasteiger partial charge in [0.05, 0.1) is 24.2 Å². The summed E-state index contributed by atoms with van der Waals surface area (Å²) < 4.78 is 20.9. The van der Waals surface area contributed by atoms with Crippen LogP contribution in [0, 0.1) is 6.92 Å². The van der Waals surface area contributed by atoms with Crippen LogP contribution in [0.2, 0.25) is 5.02 Å². The molecule has 0 atom stereocenters. The van der Waals surface area contributed by atoms with Crippen LogP contribution in [0.4, 0.5) is 5.69 Å². The second kappa shape index (κ2) is 9.97. The molecule has 0 bridgehead atoms. The highest BCUT2D eigenvalue weighted by Crippen LogP contribution is 2.38. The Morgan fingerprint density at radius 1 is 1.15 bits per heavy atom. The largest absolute Gasteiger partial charge is 0.519 e. The Balaban J connectivity index is 1.71. The minimum absolute atomic E-state index is 0.117. The molecule has 0 N–H and O–H groups in total. The van der Waals surface area contributed by atoms with Crippen LogP contribution in [0.25, 0.3) is 22.6 Å². The number of ether oxygens (including phenoxy) is 1. The lowest BCUT2D eigenvalue weighted by Gasteiger charge is -2.22. The Morgan fingerprint density at radius 3 is 2.59 bits per heavy atom. The first kappa shape index (κ1) is 23.9. The van der Waals surface area contributed by atoms with E-state index in [2.05, 4.69) is 5.16 Å². The van der Waals surface area contributed by atoms with E-state index in [1.54, 1.807) is 55.5 Å². The van der Waals surface area contributed by atoms with Crippen molar-refractivity contribution in [1.29, 1.82) is 0 Å². The van der Waals surface area contributed by atoms with Gasteiger partial charge in [-0.3, -0.25) is 4.79 Å². The van der Waals surface area contributed by atoms with Gasteiger partial charge in [0.25, 0.3) is 5.91 Å². The molecule has 2 aromatic carbocycles. The van der Waals surface area contributed by atoms with E-state index in [1.807, 2.05) is 0 Å². The summed E-state index contributed by atoms with van der Waals surface area (Å²) >= 11 is 18.1. The van der Waals surface area contributed by atoms with E-state index >= 15 is 0 Å². The Kier molecular flexibility index (Phi) is 7.02. The fourth-order valence-electron chi connectivity index (χ4n) is 3.36. The molecule has 11 heteroatoms. The SMILES string of the molecule is COc1cccc(Cl)c1-c1cc(-c2cccc(N(Cc3oc(=O)oc3C)C(=O)C(Cl)Cl)c2)on1. The molecule has 0 spiro atoms. The summed E-state index contributed by atoms with van der Waals surface area (Å²) in [6.07, 6.45) is 0. The molecule has 0 aliphatic rings. The van der Waals surface area contributed by atoms with Crippen LogP contribution in [-0.4, -0.2) is 23.0 Å². The van der Waals surface area contributed by atoms with E-state index in [0.29, 0.717) is 39.0 Å². The summed E-state index contributed by atoms with van der Waals surface area (Å²) in [7, 11) is 1.54. The summed E-state index contributed by atoms with van der Waals surface area (Å²) in [5.41, 5.74) is 2.12. The molecule has 2 aromatic heterocycles. The predicted molar refractivity (Wildman–Crippen MR) is 128 cm³/mol. The lowest BCUT2D eigenvalue weighted by atomic mass is 10.1. The predicted octanol–water partition coefficient (Wildman–Crippen LogP) is 5.86. The summed E-state index contributed by atoms with van der Waals surface area (Å²) in [4.78, 5) is 24.1. The third-order valence-electron chi connectivity index (χ3n) is 4.99. The molecule has 0 unspecified atom stereocenters. The first-order valence-electron chi connectivity index (χ1n) is 9.87. The lowest BCUT2D eigenvalue weighted by molar-refractivity contribution is -0.117. The molecule has 4 rings (SSSR count). The molecular formula is C23H17Cl3N2O6. The number of rotatable bonds is 7. The molecule has 0 aliphatic heterocycles. The highest BCUT2D eigenvalue weighted by molar-refractivity contribution is 6.54. The van der Waals surface area contributed by atoms with Gasteiger partial charge >= 0.3 is 5.82 Å². The van der Waals surface area contributed by atoms with Crippen LogP contribution in [-0.2, 0) is 11.3 Å². The molecule has 176 valence electrons. The molecule has 0 saturated carbocycles. The third kappa shape index (κ3) is 4.84. The average Bonchev–Trinajstić information content (AvgIpc) is 3.42. The number of amides is 1. The fraction of sp³-hybridized carbons (Fsp3) is 0.174. The van der Waals surface area contributed by atoms with Crippen LogP contribution < -0.4 is 15.5 Å². The Bertz CT molecular complexity index is 1390. The number of anilines is 1. The van der Waals surface area contributed by atoms with Crippen molar-refractivity contribution in [3.8, 4) is 28.3 Å². The number of alkyl halides is 2. The summed E-state index contributed by atoms with van der Waals surface area (Å²) in [5.74, 6) is -0.0942. The number of carbonyl (C=O) groups is 1. The molecule has 4 aromatic rings. The van der Waals surface area contributed by atoms with Crippen molar-refractivity contribution in [2.75, 3.05) is 12.0 Å². The van der Waals surface area contributed by atoms with E-state index in [1.165, 1.54) is 12.0 Å². The van der Waals surface area contributed by atoms with Gasteiger partial charge in [0.1, 0.15) is 17.2 Å². The van der Waals surface area contributed by atoms with Gasteiger partial charge in [-0.15, -0.1) is 0 Å². The summed E-state index contributed by atoms with van der Waals surface area (Å²) in [6, 6.07) is 13.8. The number of halogens is 3. The van der Waals surface area contributed by atoms with Gasteiger partial charge in [0, 0.05) is 17.3 Å². The smallest absolute Gasteiger partial charge is 0.496 e. The first-order valence-corrected chi connectivity index (χ1v) is 11.1. The highest BCUT2D eigenvalue weighted by Gasteiger charge is 2.26.